The highest BCUT2D eigenvalue weighted by Gasteiger charge is 2.21. The molecule has 1 rings (SSSR count). The summed E-state index contributed by atoms with van der Waals surface area (Å²) in [5, 5.41) is 3.80. The minimum atomic E-state index is -0.446. The lowest BCUT2D eigenvalue weighted by Crippen LogP contribution is -2.30. The SMILES string of the molecule is CCCNC(C(=O)OCC)c1ccc(Cl)c(Br)c1. The Balaban J connectivity index is 2.93. The van der Waals surface area contributed by atoms with Crippen molar-refractivity contribution in [3.63, 3.8) is 0 Å². The van der Waals surface area contributed by atoms with Gasteiger partial charge < -0.3 is 10.1 Å². The van der Waals surface area contributed by atoms with Crippen LogP contribution in [0.15, 0.2) is 22.7 Å². The van der Waals surface area contributed by atoms with Crippen LogP contribution in [0, 0.1) is 0 Å². The molecule has 100 valence electrons. The van der Waals surface area contributed by atoms with Crippen LogP contribution in [0.1, 0.15) is 31.9 Å². The van der Waals surface area contributed by atoms with Gasteiger partial charge in [-0.05, 0) is 53.5 Å². The zero-order valence-corrected chi connectivity index (χ0v) is 12.8. The number of hydrogen-bond acceptors (Lipinski definition) is 3. The molecule has 1 unspecified atom stereocenters. The maximum Gasteiger partial charge on any atom is 0.327 e. The summed E-state index contributed by atoms with van der Waals surface area (Å²) >= 11 is 9.31. The minimum absolute atomic E-state index is 0.264. The number of carbonyl (C=O) groups is 1. The quantitative estimate of drug-likeness (QED) is 0.806. The third-order valence-corrected chi connectivity index (χ3v) is 3.61. The van der Waals surface area contributed by atoms with E-state index in [4.69, 9.17) is 16.3 Å². The first-order chi connectivity index (χ1) is 8.60. The Bertz CT molecular complexity index is 412. The molecule has 0 aromatic heterocycles. The summed E-state index contributed by atoms with van der Waals surface area (Å²) < 4.78 is 5.85. The second kappa shape index (κ2) is 7.77. The molecule has 1 aromatic carbocycles. The summed E-state index contributed by atoms with van der Waals surface area (Å²) in [7, 11) is 0. The van der Waals surface area contributed by atoms with Crippen molar-refractivity contribution in [1.29, 1.82) is 0 Å². The van der Waals surface area contributed by atoms with Gasteiger partial charge in [-0.2, -0.15) is 0 Å². The summed E-state index contributed by atoms with van der Waals surface area (Å²) in [6.45, 7) is 4.97. The van der Waals surface area contributed by atoms with E-state index in [9.17, 15) is 4.79 Å². The molecule has 0 bridgehead atoms. The van der Waals surface area contributed by atoms with Gasteiger partial charge in [0.2, 0.25) is 0 Å². The van der Waals surface area contributed by atoms with Gasteiger partial charge in [0.25, 0.3) is 0 Å². The van der Waals surface area contributed by atoms with E-state index in [2.05, 4.69) is 21.2 Å². The van der Waals surface area contributed by atoms with Gasteiger partial charge in [-0.15, -0.1) is 0 Å². The Kier molecular flexibility index (Phi) is 6.68. The van der Waals surface area contributed by atoms with Gasteiger partial charge in [0, 0.05) is 4.47 Å². The summed E-state index contributed by atoms with van der Waals surface area (Å²) in [5.74, 6) is -0.264. The topological polar surface area (TPSA) is 38.3 Å². The molecule has 1 atom stereocenters. The van der Waals surface area contributed by atoms with Gasteiger partial charge in [-0.3, -0.25) is 0 Å². The van der Waals surface area contributed by atoms with Crippen molar-refractivity contribution >= 4 is 33.5 Å². The van der Waals surface area contributed by atoms with Gasteiger partial charge in [-0.25, -0.2) is 4.79 Å². The molecule has 0 aliphatic rings. The van der Waals surface area contributed by atoms with Crippen LogP contribution in [-0.2, 0) is 9.53 Å². The molecule has 0 radical (unpaired) electrons. The van der Waals surface area contributed by atoms with Crippen molar-refractivity contribution in [1.82, 2.24) is 5.32 Å². The van der Waals surface area contributed by atoms with Gasteiger partial charge in [0.15, 0.2) is 0 Å². The normalized spacial score (nSPS) is 12.2. The molecule has 0 spiro atoms. The highest BCUT2D eigenvalue weighted by Crippen LogP contribution is 2.26. The Labute approximate surface area is 121 Å². The van der Waals surface area contributed by atoms with Gasteiger partial charge in [-0.1, -0.05) is 24.6 Å². The van der Waals surface area contributed by atoms with Crippen LogP contribution in [0.2, 0.25) is 5.02 Å². The molecule has 0 heterocycles. The van der Waals surface area contributed by atoms with Crippen molar-refractivity contribution in [2.45, 2.75) is 26.3 Å². The number of benzene rings is 1. The van der Waals surface area contributed by atoms with Crippen molar-refractivity contribution in [3.05, 3.63) is 33.3 Å². The minimum Gasteiger partial charge on any atom is -0.465 e. The fourth-order valence-electron chi connectivity index (χ4n) is 1.54. The smallest absolute Gasteiger partial charge is 0.327 e. The van der Waals surface area contributed by atoms with Crippen LogP contribution in [0.4, 0.5) is 0 Å². The Hall–Kier alpha value is -0.580. The molecule has 0 amide bonds. The summed E-state index contributed by atoms with van der Waals surface area (Å²) in [4.78, 5) is 11.9. The van der Waals surface area contributed by atoms with Crippen LogP contribution in [-0.4, -0.2) is 19.1 Å². The number of carbonyl (C=O) groups excluding carboxylic acids is 1. The number of halogens is 2. The second-order valence-corrected chi connectivity index (χ2v) is 5.07. The Morgan fingerprint density at radius 1 is 1.50 bits per heavy atom. The van der Waals surface area contributed by atoms with Crippen LogP contribution >= 0.6 is 27.5 Å². The molecule has 0 fully saturated rings. The fraction of sp³-hybridized carbons (Fsp3) is 0.462. The van der Waals surface area contributed by atoms with Crippen molar-refractivity contribution < 1.29 is 9.53 Å². The molecule has 18 heavy (non-hydrogen) atoms. The molecular formula is C13H17BrClNO2. The van der Waals surface area contributed by atoms with Crippen molar-refractivity contribution in [2.75, 3.05) is 13.2 Å². The lowest BCUT2D eigenvalue weighted by atomic mass is 10.1. The molecule has 0 aliphatic carbocycles. The van der Waals surface area contributed by atoms with Gasteiger partial charge in [0.05, 0.1) is 11.6 Å². The average molecular weight is 335 g/mol. The van der Waals surface area contributed by atoms with E-state index in [1.807, 2.05) is 19.1 Å². The number of hydrogen-bond donors (Lipinski definition) is 1. The summed E-state index contributed by atoms with van der Waals surface area (Å²) in [5.41, 5.74) is 0.846. The standard InChI is InChI=1S/C13H17BrClNO2/c1-3-7-16-12(13(17)18-4-2)9-5-6-11(15)10(14)8-9/h5-6,8,12,16H,3-4,7H2,1-2H3. The first-order valence-electron chi connectivity index (χ1n) is 5.95. The molecule has 1 aromatic rings. The third-order valence-electron chi connectivity index (χ3n) is 2.40. The van der Waals surface area contributed by atoms with E-state index in [1.54, 1.807) is 13.0 Å². The maximum absolute atomic E-state index is 11.9. The van der Waals surface area contributed by atoms with Crippen molar-refractivity contribution in [3.8, 4) is 0 Å². The predicted molar refractivity (Wildman–Crippen MR) is 76.8 cm³/mol. The maximum atomic E-state index is 11.9. The largest absolute Gasteiger partial charge is 0.465 e. The van der Waals surface area contributed by atoms with Crippen LogP contribution < -0.4 is 5.32 Å². The monoisotopic (exact) mass is 333 g/mol. The van der Waals surface area contributed by atoms with Gasteiger partial charge in [0.1, 0.15) is 6.04 Å². The zero-order chi connectivity index (χ0) is 13.5. The first-order valence-corrected chi connectivity index (χ1v) is 7.12. The van der Waals surface area contributed by atoms with E-state index in [1.165, 1.54) is 0 Å². The average Bonchev–Trinajstić information content (AvgIpc) is 2.34. The fourth-order valence-corrected chi connectivity index (χ4v) is 2.06. The predicted octanol–water partition coefficient (Wildman–Crippen LogP) is 3.71. The molecule has 0 saturated carbocycles. The summed E-state index contributed by atoms with van der Waals surface area (Å²) in [6.07, 6.45) is 0.949. The van der Waals surface area contributed by atoms with E-state index in [-0.39, 0.29) is 5.97 Å². The van der Waals surface area contributed by atoms with E-state index < -0.39 is 6.04 Å². The zero-order valence-electron chi connectivity index (χ0n) is 10.5. The molecule has 0 saturated heterocycles. The molecule has 5 heteroatoms. The highest BCUT2D eigenvalue weighted by atomic mass is 79.9. The number of esters is 1. The van der Waals surface area contributed by atoms with E-state index in [0.717, 1.165) is 23.0 Å². The third kappa shape index (κ3) is 4.26. The lowest BCUT2D eigenvalue weighted by Gasteiger charge is -2.17. The highest BCUT2D eigenvalue weighted by molar-refractivity contribution is 9.10. The Morgan fingerprint density at radius 3 is 2.78 bits per heavy atom. The van der Waals surface area contributed by atoms with E-state index >= 15 is 0 Å². The van der Waals surface area contributed by atoms with Crippen molar-refractivity contribution in [2.24, 2.45) is 0 Å². The van der Waals surface area contributed by atoms with Crippen LogP contribution in [0.3, 0.4) is 0 Å². The van der Waals surface area contributed by atoms with Crippen LogP contribution in [0.25, 0.3) is 0 Å². The molecule has 3 nitrogen and oxygen atoms in total. The first kappa shape index (κ1) is 15.5. The molecule has 0 aliphatic heterocycles. The van der Waals surface area contributed by atoms with E-state index in [0.29, 0.717) is 11.6 Å². The summed E-state index contributed by atoms with van der Waals surface area (Å²) in [6, 6.07) is 4.99. The number of rotatable bonds is 6. The number of nitrogens with one attached hydrogen (secondary N) is 1. The molecule has 1 N–H and O–H groups in total. The molecular weight excluding hydrogens is 318 g/mol. The van der Waals surface area contributed by atoms with Crippen LogP contribution in [0.5, 0.6) is 0 Å². The lowest BCUT2D eigenvalue weighted by molar-refractivity contribution is -0.145. The second-order valence-electron chi connectivity index (χ2n) is 3.81. The number of ether oxygens (including phenoxy) is 1. The van der Waals surface area contributed by atoms with Gasteiger partial charge >= 0.3 is 5.97 Å². The Morgan fingerprint density at radius 2 is 2.22 bits per heavy atom.